The Bertz CT molecular complexity index is 10500. The Labute approximate surface area is 844 Å². The third kappa shape index (κ3) is 15.3. The molecule has 0 radical (unpaired) electrons. The maximum atomic E-state index is 6.59. The van der Waals surface area contributed by atoms with Crippen molar-refractivity contribution < 1.29 is 13.3 Å². The second kappa shape index (κ2) is 35.8. The topological polar surface area (TPSA) is 117 Å². The van der Waals surface area contributed by atoms with E-state index in [0.717, 1.165) is 189 Å². The van der Waals surface area contributed by atoms with E-state index in [1.165, 1.54) is 91.6 Å². The lowest BCUT2D eigenvalue weighted by molar-refractivity contribution is 0.669. The Morgan fingerprint density at radius 3 is 0.810 bits per heavy atom. The molecular weight excluding hydrogens is 1790 g/mol. The minimum atomic E-state index is 0.696. The van der Waals surface area contributed by atoms with E-state index in [1.807, 2.05) is 66.7 Å². The van der Waals surface area contributed by atoms with E-state index in [1.54, 1.807) is 0 Å². The summed E-state index contributed by atoms with van der Waals surface area (Å²) in [5.41, 5.74) is 26.9. The molecule has 30 rings (SSSR count). The number of fused-ring (bicyclic) bond motifs is 29. The summed E-state index contributed by atoms with van der Waals surface area (Å²) in [6.45, 7) is 0. The number of aromatic nitrogens is 6. The van der Waals surface area contributed by atoms with Crippen molar-refractivity contribution in [3.8, 4) is 135 Å². The summed E-state index contributed by atoms with van der Waals surface area (Å²) in [5.74, 6) is 2.10. The van der Waals surface area contributed by atoms with Crippen LogP contribution in [0.25, 0.3) is 298 Å². The average molecular weight is 1870 g/mol. The SMILES string of the molecule is c1ccc(-c2cccc(-c3nc(-c4ccccc4)cc(-c4ccc5c(c4)c4ccccc4c4c5ccc5oc6ccccc6c54)n3)c2)cc1.c1ccc(-c2cccc(-c3nc(-c4ccccc4)cc(-c4ccc5c(c4)c4ccccc4c4cc6c(cc54)oc4ccccc46)n3)c2)cc1.c1ccc(-c2cccc(-c3nc(-c4ccccc4)cc(-c4ccc5c(c4)c4ccccc4c4ccc6c7ccccc7oc6c45)n3)c2)cc1. The van der Waals surface area contributed by atoms with Gasteiger partial charge in [0.25, 0.3) is 0 Å². The maximum Gasteiger partial charge on any atom is 0.160 e. The Hall–Kier alpha value is -19.7. The highest BCUT2D eigenvalue weighted by atomic mass is 16.3. The van der Waals surface area contributed by atoms with Gasteiger partial charge in [-0.2, -0.15) is 0 Å². The van der Waals surface area contributed by atoms with Crippen molar-refractivity contribution >= 4 is 163 Å². The minimum absolute atomic E-state index is 0.696. The van der Waals surface area contributed by atoms with Gasteiger partial charge in [0.15, 0.2) is 17.5 Å². The summed E-state index contributed by atoms with van der Waals surface area (Å²) in [6.07, 6.45) is 0. The normalized spacial score (nSPS) is 11.7. The number of para-hydroxylation sites is 3. The molecule has 24 aromatic carbocycles. The van der Waals surface area contributed by atoms with Crippen LogP contribution >= 0.6 is 0 Å². The molecule has 0 unspecified atom stereocenters. The van der Waals surface area contributed by atoms with Crippen molar-refractivity contribution in [2.45, 2.75) is 0 Å². The number of hydrogen-bond donors (Lipinski definition) is 0. The third-order valence-corrected chi connectivity index (χ3v) is 29.0. The first kappa shape index (κ1) is 85.3. The Kier molecular flexibility index (Phi) is 20.8. The summed E-state index contributed by atoms with van der Waals surface area (Å²) < 4.78 is 19.2. The molecule has 0 aliphatic rings. The fourth-order valence-corrected chi connectivity index (χ4v) is 22.0. The minimum Gasteiger partial charge on any atom is -0.456 e. The van der Waals surface area contributed by atoms with Gasteiger partial charge in [-0.3, -0.25) is 0 Å². The van der Waals surface area contributed by atoms with E-state index in [-0.39, 0.29) is 0 Å². The molecule has 0 atom stereocenters. The highest BCUT2D eigenvalue weighted by molar-refractivity contribution is 6.36. The van der Waals surface area contributed by atoms with Crippen molar-refractivity contribution in [2.24, 2.45) is 0 Å². The van der Waals surface area contributed by atoms with E-state index in [2.05, 4.69) is 443 Å². The molecule has 6 heterocycles. The van der Waals surface area contributed by atoms with E-state index >= 15 is 0 Å². The smallest absolute Gasteiger partial charge is 0.160 e. The molecule has 6 aromatic heterocycles. The van der Waals surface area contributed by atoms with Crippen LogP contribution in [0.3, 0.4) is 0 Å². The van der Waals surface area contributed by atoms with Gasteiger partial charge in [0.2, 0.25) is 0 Å². The maximum absolute atomic E-state index is 6.59. The van der Waals surface area contributed by atoms with Gasteiger partial charge in [0, 0.05) is 93.2 Å². The van der Waals surface area contributed by atoms with Crippen LogP contribution in [0, 0.1) is 0 Å². The van der Waals surface area contributed by atoms with Gasteiger partial charge in [0.1, 0.15) is 33.5 Å². The van der Waals surface area contributed by atoms with Gasteiger partial charge in [-0.05, 0) is 223 Å². The molecule has 147 heavy (non-hydrogen) atoms. The summed E-state index contributed by atoms with van der Waals surface area (Å²) in [6, 6.07) is 179. The number of benzene rings is 24. The van der Waals surface area contributed by atoms with Gasteiger partial charge in [-0.15, -0.1) is 0 Å². The number of nitrogens with zero attached hydrogens (tertiary/aromatic N) is 6. The van der Waals surface area contributed by atoms with Gasteiger partial charge in [-0.1, -0.05) is 406 Å². The number of rotatable bonds is 12. The first-order chi connectivity index (χ1) is 72.8. The lowest BCUT2D eigenvalue weighted by atomic mass is 9.90. The predicted octanol–water partition coefficient (Wildman–Crippen LogP) is 37.5. The molecule has 684 valence electrons. The average Bonchev–Trinajstić information content (AvgIpc) is 1.68. The van der Waals surface area contributed by atoms with Crippen molar-refractivity contribution in [2.75, 3.05) is 0 Å². The highest BCUT2D eigenvalue weighted by Gasteiger charge is 2.25. The zero-order chi connectivity index (χ0) is 96.9. The fraction of sp³-hybridized carbons (Fsp3) is 0. The number of furan rings is 3. The van der Waals surface area contributed by atoms with Gasteiger partial charge in [0.05, 0.1) is 34.2 Å². The summed E-state index contributed by atoms with van der Waals surface area (Å²) in [4.78, 5) is 31.0. The lowest BCUT2D eigenvalue weighted by Crippen LogP contribution is -1.96. The van der Waals surface area contributed by atoms with E-state index in [0.29, 0.717) is 17.5 Å². The molecule has 30 aromatic rings. The standard InChI is InChI=1S/3C46H28N2O/c1-3-12-29(13-4-1)31-16-11-17-33(24-31)46-47-42(30-14-5-2-6-15-30)28-43(48-46)32-22-23-36-38(25-32)34-18-7-8-19-35(34)39-26-41-37-20-9-10-21-44(37)49-45(41)27-40(36)39;1-3-12-29(13-4-1)31-16-11-17-33(26-31)46-47-40(30-14-5-2-6-15-30)28-41(48-46)32-22-23-35-37-24-25-43-45(38-20-9-10-21-42(38)49-43)44(37)36-19-8-7-18-34(36)39(35)27-32;1-3-12-29(13-4-1)31-16-11-17-33(26-31)46-47-41(30-14-5-2-6-15-30)28-42(48-46)32-22-23-38-40(27-32)35-19-8-7-18-34(35)37-24-25-39-36-20-9-10-21-43(36)49-45(39)44(37)38/h3*1-28H. The van der Waals surface area contributed by atoms with Crippen LogP contribution in [0.15, 0.2) is 523 Å². The van der Waals surface area contributed by atoms with Crippen LogP contribution in [0.5, 0.6) is 0 Å². The fourth-order valence-electron chi connectivity index (χ4n) is 22.0. The Balaban J connectivity index is 0.000000107. The molecule has 0 aliphatic carbocycles. The van der Waals surface area contributed by atoms with Crippen molar-refractivity contribution in [1.29, 1.82) is 0 Å². The molecule has 0 amide bonds. The monoisotopic (exact) mass is 1870 g/mol. The lowest BCUT2D eigenvalue weighted by Gasteiger charge is -2.14. The highest BCUT2D eigenvalue weighted by Crippen LogP contribution is 2.49. The molecule has 9 heteroatoms. The van der Waals surface area contributed by atoms with Gasteiger partial charge >= 0.3 is 0 Å². The van der Waals surface area contributed by atoms with Crippen molar-refractivity contribution in [3.63, 3.8) is 0 Å². The van der Waals surface area contributed by atoms with Crippen LogP contribution in [-0.2, 0) is 0 Å². The Morgan fingerprint density at radius 1 is 0.109 bits per heavy atom. The van der Waals surface area contributed by atoms with E-state index in [9.17, 15) is 0 Å². The Morgan fingerprint density at radius 2 is 0.367 bits per heavy atom. The van der Waals surface area contributed by atoms with Crippen LogP contribution in [-0.4, -0.2) is 29.9 Å². The zero-order valence-corrected chi connectivity index (χ0v) is 79.4. The molecule has 0 bridgehead atoms. The van der Waals surface area contributed by atoms with Crippen LogP contribution in [0.4, 0.5) is 0 Å². The summed E-state index contributed by atoms with van der Waals surface area (Å²) >= 11 is 0. The van der Waals surface area contributed by atoms with Crippen molar-refractivity contribution in [3.05, 3.63) is 510 Å². The molecule has 0 aliphatic heterocycles. The molecule has 0 fully saturated rings. The van der Waals surface area contributed by atoms with E-state index < -0.39 is 0 Å². The van der Waals surface area contributed by atoms with Crippen LogP contribution < -0.4 is 0 Å². The van der Waals surface area contributed by atoms with Gasteiger partial charge < -0.3 is 13.3 Å². The van der Waals surface area contributed by atoms with Crippen molar-refractivity contribution in [1.82, 2.24) is 29.9 Å². The molecule has 0 saturated carbocycles. The summed E-state index contributed by atoms with van der Waals surface area (Å²) in [7, 11) is 0. The molecule has 9 nitrogen and oxygen atoms in total. The third-order valence-electron chi connectivity index (χ3n) is 29.0. The first-order valence-electron chi connectivity index (χ1n) is 49.7. The quantitative estimate of drug-likeness (QED) is 0.110. The first-order valence-corrected chi connectivity index (χ1v) is 49.7. The van der Waals surface area contributed by atoms with Crippen LogP contribution in [0.2, 0.25) is 0 Å². The largest absolute Gasteiger partial charge is 0.456 e. The summed E-state index contributed by atoms with van der Waals surface area (Å²) in [5, 5.41) is 28.4. The molecule has 0 saturated heterocycles. The molecule has 0 spiro atoms. The molecular formula is C138H84N6O3. The molecule has 0 N–H and O–H groups in total. The van der Waals surface area contributed by atoms with E-state index in [4.69, 9.17) is 43.2 Å². The predicted molar refractivity (Wildman–Crippen MR) is 611 cm³/mol. The zero-order valence-electron chi connectivity index (χ0n) is 79.4. The number of hydrogen-bond acceptors (Lipinski definition) is 9. The van der Waals surface area contributed by atoms with Gasteiger partial charge in [-0.25, -0.2) is 29.9 Å². The van der Waals surface area contributed by atoms with Crippen LogP contribution in [0.1, 0.15) is 0 Å². The second-order valence-electron chi connectivity index (χ2n) is 37.7. The second-order valence-corrected chi connectivity index (χ2v) is 37.7.